The highest BCUT2D eigenvalue weighted by molar-refractivity contribution is 7.17. The summed E-state index contributed by atoms with van der Waals surface area (Å²) in [5, 5.41) is 15.2. The summed E-state index contributed by atoms with van der Waals surface area (Å²) in [6, 6.07) is 0. The standard InChI is InChI=1S/C13H22N4OS/c1-3-7-14-13-17-16-12(19-13)11(18)15-8-10-6-4-5-9(10)2/h9-10H,3-8H2,1-2H3,(H,14,17)(H,15,18). The van der Waals surface area contributed by atoms with E-state index in [-0.39, 0.29) is 5.91 Å². The maximum absolute atomic E-state index is 12.0. The van der Waals surface area contributed by atoms with Crippen LogP contribution in [0.15, 0.2) is 0 Å². The topological polar surface area (TPSA) is 66.9 Å². The number of amides is 1. The maximum atomic E-state index is 12.0. The van der Waals surface area contributed by atoms with Gasteiger partial charge >= 0.3 is 0 Å². The van der Waals surface area contributed by atoms with Crippen molar-refractivity contribution in [2.45, 2.75) is 39.5 Å². The molecule has 1 heterocycles. The van der Waals surface area contributed by atoms with Crippen molar-refractivity contribution in [1.29, 1.82) is 0 Å². The molecule has 2 atom stereocenters. The van der Waals surface area contributed by atoms with Crippen LogP contribution >= 0.6 is 11.3 Å². The molecule has 0 aromatic carbocycles. The molecule has 5 nitrogen and oxygen atoms in total. The first-order valence-electron chi connectivity index (χ1n) is 7.06. The monoisotopic (exact) mass is 282 g/mol. The van der Waals surface area contributed by atoms with E-state index in [0.717, 1.165) is 30.6 Å². The SMILES string of the molecule is CCCNc1nnc(C(=O)NCC2CCCC2C)s1. The first-order valence-corrected chi connectivity index (χ1v) is 7.88. The molecular weight excluding hydrogens is 260 g/mol. The van der Waals surface area contributed by atoms with Crippen molar-refractivity contribution >= 4 is 22.4 Å². The second kappa shape index (κ2) is 6.84. The highest BCUT2D eigenvalue weighted by atomic mass is 32.1. The number of nitrogens with zero attached hydrogens (tertiary/aromatic N) is 2. The van der Waals surface area contributed by atoms with Gasteiger partial charge in [0, 0.05) is 13.1 Å². The minimum atomic E-state index is -0.0962. The van der Waals surface area contributed by atoms with E-state index in [1.165, 1.54) is 30.6 Å². The summed E-state index contributed by atoms with van der Waals surface area (Å²) >= 11 is 1.32. The predicted molar refractivity (Wildman–Crippen MR) is 77.5 cm³/mol. The van der Waals surface area contributed by atoms with Gasteiger partial charge < -0.3 is 10.6 Å². The van der Waals surface area contributed by atoms with Gasteiger partial charge in [-0.25, -0.2) is 0 Å². The molecule has 106 valence electrons. The molecule has 6 heteroatoms. The van der Waals surface area contributed by atoms with E-state index < -0.39 is 0 Å². The second-order valence-electron chi connectivity index (χ2n) is 5.22. The maximum Gasteiger partial charge on any atom is 0.282 e. The predicted octanol–water partition coefficient (Wildman–Crippen LogP) is 2.53. The van der Waals surface area contributed by atoms with Gasteiger partial charge in [-0.1, -0.05) is 38.0 Å². The van der Waals surface area contributed by atoms with Crippen LogP contribution in [0.4, 0.5) is 5.13 Å². The molecule has 0 saturated heterocycles. The Morgan fingerprint density at radius 1 is 1.42 bits per heavy atom. The van der Waals surface area contributed by atoms with Gasteiger partial charge in [-0.3, -0.25) is 4.79 Å². The average Bonchev–Trinajstić information content (AvgIpc) is 3.03. The molecule has 1 aromatic heterocycles. The summed E-state index contributed by atoms with van der Waals surface area (Å²) in [6.45, 7) is 5.97. The lowest BCUT2D eigenvalue weighted by atomic mass is 9.98. The molecule has 1 aliphatic carbocycles. The lowest BCUT2D eigenvalue weighted by Crippen LogP contribution is -2.30. The number of nitrogens with one attached hydrogen (secondary N) is 2. The number of aromatic nitrogens is 2. The van der Waals surface area contributed by atoms with Crippen LogP contribution in [-0.4, -0.2) is 29.2 Å². The van der Waals surface area contributed by atoms with Crippen molar-refractivity contribution in [3.63, 3.8) is 0 Å². The minimum Gasteiger partial charge on any atom is -0.360 e. The summed E-state index contributed by atoms with van der Waals surface area (Å²) in [4.78, 5) is 12.0. The van der Waals surface area contributed by atoms with Gasteiger partial charge in [0.05, 0.1) is 0 Å². The highest BCUT2D eigenvalue weighted by Gasteiger charge is 2.24. The molecule has 19 heavy (non-hydrogen) atoms. The Labute approximate surface area is 118 Å². The van der Waals surface area contributed by atoms with Gasteiger partial charge in [0.1, 0.15) is 0 Å². The minimum absolute atomic E-state index is 0.0962. The van der Waals surface area contributed by atoms with E-state index in [2.05, 4.69) is 34.7 Å². The molecular formula is C13H22N4OS. The van der Waals surface area contributed by atoms with Gasteiger partial charge in [0.2, 0.25) is 10.1 Å². The first kappa shape index (κ1) is 14.2. The number of anilines is 1. The molecule has 0 aliphatic heterocycles. The number of carbonyl (C=O) groups is 1. The van der Waals surface area contributed by atoms with E-state index in [0.29, 0.717) is 10.9 Å². The average molecular weight is 282 g/mol. The molecule has 0 bridgehead atoms. The van der Waals surface area contributed by atoms with Crippen LogP contribution in [0.25, 0.3) is 0 Å². The zero-order valence-corrected chi connectivity index (χ0v) is 12.4. The smallest absolute Gasteiger partial charge is 0.282 e. The zero-order valence-electron chi connectivity index (χ0n) is 11.6. The van der Waals surface area contributed by atoms with Gasteiger partial charge in [0.15, 0.2) is 0 Å². The largest absolute Gasteiger partial charge is 0.360 e. The molecule has 2 rings (SSSR count). The van der Waals surface area contributed by atoms with Crippen LogP contribution in [0.3, 0.4) is 0 Å². The molecule has 1 fully saturated rings. The lowest BCUT2D eigenvalue weighted by Gasteiger charge is -2.14. The molecule has 0 spiro atoms. The molecule has 1 saturated carbocycles. The number of hydrogen-bond acceptors (Lipinski definition) is 5. The second-order valence-corrected chi connectivity index (χ2v) is 6.19. The van der Waals surface area contributed by atoms with Crippen molar-refractivity contribution in [1.82, 2.24) is 15.5 Å². The van der Waals surface area contributed by atoms with Crippen LogP contribution in [0.5, 0.6) is 0 Å². The molecule has 2 unspecified atom stereocenters. The summed E-state index contributed by atoms with van der Waals surface area (Å²) in [5.74, 6) is 1.24. The van der Waals surface area contributed by atoms with E-state index in [1.807, 2.05) is 0 Å². The Morgan fingerprint density at radius 2 is 2.26 bits per heavy atom. The number of carbonyl (C=O) groups excluding carboxylic acids is 1. The third-order valence-electron chi connectivity index (χ3n) is 3.71. The fourth-order valence-electron chi connectivity index (χ4n) is 2.44. The summed E-state index contributed by atoms with van der Waals surface area (Å²) in [7, 11) is 0. The highest BCUT2D eigenvalue weighted by Crippen LogP contribution is 2.30. The lowest BCUT2D eigenvalue weighted by molar-refractivity contribution is 0.0943. The summed E-state index contributed by atoms with van der Waals surface area (Å²) in [5.41, 5.74) is 0. The van der Waals surface area contributed by atoms with E-state index in [4.69, 9.17) is 0 Å². The van der Waals surface area contributed by atoms with Crippen molar-refractivity contribution in [3.05, 3.63) is 5.01 Å². The quantitative estimate of drug-likeness (QED) is 0.841. The van der Waals surface area contributed by atoms with Crippen LogP contribution < -0.4 is 10.6 Å². The fourth-order valence-corrected chi connectivity index (χ4v) is 3.13. The van der Waals surface area contributed by atoms with Gasteiger partial charge in [0.25, 0.3) is 5.91 Å². The third kappa shape index (κ3) is 3.89. The Morgan fingerprint density at radius 3 is 2.95 bits per heavy atom. The molecule has 1 amide bonds. The molecule has 2 N–H and O–H groups in total. The Kier molecular flexibility index (Phi) is 5.13. The third-order valence-corrected chi connectivity index (χ3v) is 4.59. The van der Waals surface area contributed by atoms with Crippen molar-refractivity contribution in [2.24, 2.45) is 11.8 Å². The Balaban J connectivity index is 1.80. The normalized spacial score (nSPS) is 22.4. The number of rotatable bonds is 6. The molecule has 1 aromatic rings. The Bertz CT molecular complexity index is 421. The number of hydrogen-bond donors (Lipinski definition) is 2. The fraction of sp³-hybridized carbons (Fsp3) is 0.769. The summed E-state index contributed by atoms with van der Waals surface area (Å²) < 4.78 is 0. The molecule has 1 aliphatic rings. The van der Waals surface area contributed by atoms with Crippen molar-refractivity contribution in [2.75, 3.05) is 18.4 Å². The first-order chi connectivity index (χ1) is 9.20. The van der Waals surface area contributed by atoms with Crippen molar-refractivity contribution in [3.8, 4) is 0 Å². The Hall–Kier alpha value is -1.17. The van der Waals surface area contributed by atoms with Gasteiger partial charge in [-0.05, 0) is 24.7 Å². The summed E-state index contributed by atoms with van der Waals surface area (Å²) in [6.07, 6.45) is 4.82. The van der Waals surface area contributed by atoms with Crippen molar-refractivity contribution < 1.29 is 4.79 Å². The van der Waals surface area contributed by atoms with Crippen LogP contribution in [0.2, 0.25) is 0 Å². The van der Waals surface area contributed by atoms with E-state index in [9.17, 15) is 4.79 Å². The van der Waals surface area contributed by atoms with E-state index >= 15 is 0 Å². The zero-order chi connectivity index (χ0) is 13.7. The van der Waals surface area contributed by atoms with Crippen LogP contribution in [0, 0.1) is 11.8 Å². The van der Waals surface area contributed by atoms with Gasteiger partial charge in [-0.2, -0.15) is 0 Å². The van der Waals surface area contributed by atoms with Crippen LogP contribution in [0.1, 0.15) is 49.3 Å². The van der Waals surface area contributed by atoms with Gasteiger partial charge in [-0.15, -0.1) is 10.2 Å². The molecule has 0 radical (unpaired) electrons. The van der Waals surface area contributed by atoms with Crippen LogP contribution in [-0.2, 0) is 0 Å². The van der Waals surface area contributed by atoms with E-state index in [1.54, 1.807) is 0 Å².